The van der Waals surface area contributed by atoms with Crippen LogP contribution >= 0.6 is 0 Å². The van der Waals surface area contributed by atoms with Gasteiger partial charge < -0.3 is 0 Å². The molecular formula is C14H13NO3S. The number of aryl methyl sites for hydroxylation is 1. The van der Waals surface area contributed by atoms with Gasteiger partial charge in [-0.1, -0.05) is 18.2 Å². The predicted molar refractivity (Wildman–Crippen MR) is 70.7 cm³/mol. The largest absolute Gasteiger partial charge is 0.294 e. The highest BCUT2D eigenvalue weighted by molar-refractivity contribution is 7.90. The van der Waals surface area contributed by atoms with E-state index in [9.17, 15) is 13.2 Å². The maximum atomic E-state index is 12.4. The first-order chi connectivity index (χ1) is 9.09. The van der Waals surface area contributed by atoms with Gasteiger partial charge in [-0.3, -0.25) is 4.79 Å². The van der Waals surface area contributed by atoms with Crippen molar-refractivity contribution >= 4 is 15.8 Å². The minimum absolute atomic E-state index is 0.0308. The molecule has 0 unspecified atom stereocenters. The molecule has 0 amide bonds. The van der Waals surface area contributed by atoms with Crippen molar-refractivity contribution in [2.75, 3.05) is 0 Å². The lowest BCUT2D eigenvalue weighted by molar-refractivity contribution is 0.0973. The molecule has 0 atom stereocenters. The summed E-state index contributed by atoms with van der Waals surface area (Å²) in [5.41, 5.74) is 1.38. The second kappa shape index (κ2) is 4.35. The van der Waals surface area contributed by atoms with Gasteiger partial charge in [0.25, 0.3) is 10.0 Å². The lowest BCUT2D eigenvalue weighted by Crippen LogP contribution is -2.10. The summed E-state index contributed by atoms with van der Waals surface area (Å²) in [5.74, 6) is 0.0308. The van der Waals surface area contributed by atoms with Crippen LogP contribution in [0.1, 0.15) is 28.8 Å². The molecule has 1 aromatic carbocycles. The normalized spacial score (nSPS) is 15.3. The SMILES string of the molecule is O=C1CCCc2cn(S(=O)(=O)c3ccccc3)cc21. The minimum Gasteiger partial charge on any atom is -0.294 e. The van der Waals surface area contributed by atoms with Crippen LogP contribution in [0.15, 0.2) is 47.6 Å². The molecule has 3 rings (SSSR count). The van der Waals surface area contributed by atoms with E-state index in [1.807, 2.05) is 0 Å². The molecule has 0 fully saturated rings. The van der Waals surface area contributed by atoms with E-state index in [2.05, 4.69) is 0 Å². The van der Waals surface area contributed by atoms with Crippen molar-refractivity contribution in [3.63, 3.8) is 0 Å². The van der Waals surface area contributed by atoms with Crippen LogP contribution in [0.25, 0.3) is 0 Å². The molecule has 0 bridgehead atoms. The molecule has 1 heterocycles. The van der Waals surface area contributed by atoms with Gasteiger partial charge in [-0.15, -0.1) is 0 Å². The van der Waals surface area contributed by atoms with Crippen LogP contribution < -0.4 is 0 Å². The van der Waals surface area contributed by atoms with Crippen molar-refractivity contribution in [3.05, 3.63) is 53.9 Å². The number of benzene rings is 1. The number of ketones is 1. The Balaban J connectivity index is 2.11. The average molecular weight is 275 g/mol. The highest BCUT2D eigenvalue weighted by atomic mass is 32.2. The van der Waals surface area contributed by atoms with Gasteiger partial charge in [-0.25, -0.2) is 12.4 Å². The highest BCUT2D eigenvalue weighted by Crippen LogP contribution is 2.24. The number of Topliss-reactive ketones (excluding diaryl/α,β-unsaturated/α-hetero) is 1. The monoisotopic (exact) mass is 275 g/mol. The Bertz CT molecular complexity index is 729. The Labute approximate surface area is 111 Å². The van der Waals surface area contributed by atoms with Crippen molar-refractivity contribution in [1.29, 1.82) is 0 Å². The van der Waals surface area contributed by atoms with E-state index in [0.717, 1.165) is 22.4 Å². The van der Waals surface area contributed by atoms with Gasteiger partial charge in [0.2, 0.25) is 0 Å². The third-order valence-corrected chi connectivity index (χ3v) is 4.99. The van der Waals surface area contributed by atoms with E-state index in [0.29, 0.717) is 12.0 Å². The minimum atomic E-state index is -3.59. The summed E-state index contributed by atoms with van der Waals surface area (Å²) in [7, 11) is -3.59. The molecule has 0 N–H and O–H groups in total. The number of rotatable bonds is 2. The number of aromatic nitrogens is 1. The molecular weight excluding hydrogens is 262 g/mol. The number of fused-ring (bicyclic) bond motifs is 1. The second-order valence-electron chi connectivity index (χ2n) is 4.62. The fraction of sp³-hybridized carbons (Fsp3) is 0.214. The van der Waals surface area contributed by atoms with Crippen LogP contribution in [-0.2, 0) is 16.4 Å². The fourth-order valence-electron chi connectivity index (χ4n) is 2.35. The highest BCUT2D eigenvalue weighted by Gasteiger charge is 2.24. The molecule has 19 heavy (non-hydrogen) atoms. The second-order valence-corrected chi connectivity index (χ2v) is 6.47. The Morgan fingerprint density at radius 3 is 2.42 bits per heavy atom. The standard InChI is InChI=1S/C14H13NO3S/c16-14-8-4-5-11-9-15(10-13(11)14)19(17,18)12-6-2-1-3-7-12/h1-3,6-7,9-10H,4-5,8H2. The van der Waals surface area contributed by atoms with Gasteiger partial charge >= 0.3 is 0 Å². The maximum absolute atomic E-state index is 12.4. The number of hydrogen-bond donors (Lipinski definition) is 0. The summed E-state index contributed by atoms with van der Waals surface area (Å²) in [6, 6.07) is 8.23. The summed E-state index contributed by atoms with van der Waals surface area (Å²) >= 11 is 0. The van der Waals surface area contributed by atoms with Crippen LogP contribution in [0.3, 0.4) is 0 Å². The van der Waals surface area contributed by atoms with E-state index in [1.54, 1.807) is 36.5 Å². The molecule has 1 aromatic heterocycles. The third kappa shape index (κ3) is 2.00. The van der Waals surface area contributed by atoms with Crippen LogP contribution in [-0.4, -0.2) is 18.2 Å². The summed E-state index contributed by atoms with van der Waals surface area (Å²) < 4.78 is 26.0. The zero-order chi connectivity index (χ0) is 13.5. The number of carbonyl (C=O) groups excluding carboxylic acids is 1. The molecule has 0 aliphatic heterocycles. The zero-order valence-electron chi connectivity index (χ0n) is 10.2. The van der Waals surface area contributed by atoms with Gasteiger partial charge in [-0.2, -0.15) is 0 Å². The smallest absolute Gasteiger partial charge is 0.267 e. The number of nitrogens with zero attached hydrogens (tertiary/aromatic N) is 1. The molecule has 0 spiro atoms. The van der Waals surface area contributed by atoms with Crippen LogP contribution in [0, 0.1) is 0 Å². The summed E-state index contributed by atoms with van der Waals surface area (Å²) in [6.45, 7) is 0. The van der Waals surface area contributed by atoms with E-state index < -0.39 is 10.0 Å². The number of carbonyl (C=O) groups is 1. The molecule has 0 radical (unpaired) electrons. The molecule has 5 heteroatoms. The molecule has 1 aliphatic rings. The van der Waals surface area contributed by atoms with E-state index in [4.69, 9.17) is 0 Å². The Hall–Kier alpha value is -1.88. The molecule has 0 saturated carbocycles. The van der Waals surface area contributed by atoms with Crippen molar-refractivity contribution < 1.29 is 13.2 Å². The van der Waals surface area contributed by atoms with Crippen LogP contribution in [0.4, 0.5) is 0 Å². The number of hydrogen-bond acceptors (Lipinski definition) is 3. The average Bonchev–Trinajstić information content (AvgIpc) is 2.86. The van der Waals surface area contributed by atoms with E-state index in [-0.39, 0.29) is 10.7 Å². The summed E-state index contributed by atoms with van der Waals surface area (Å²) in [6.07, 6.45) is 5.07. The molecule has 98 valence electrons. The summed E-state index contributed by atoms with van der Waals surface area (Å²) in [4.78, 5) is 12.0. The quantitative estimate of drug-likeness (QED) is 0.844. The Morgan fingerprint density at radius 1 is 1.00 bits per heavy atom. The summed E-state index contributed by atoms with van der Waals surface area (Å²) in [5, 5.41) is 0. The first-order valence-electron chi connectivity index (χ1n) is 6.14. The first-order valence-corrected chi connectivity index (χ1v) is 7.58. The van der Waals surface area contributed by atoms with Crippen molar-refractivity contribution in [2.24, 2.45) is 0 Å². The molecule has 0 saturated heterocycles. The predicted octanol–water partition coefficient (Wildman–Crippen LogP) is 2.24. The lowest BCUT2D eigenvalue weighted by Gasteiger charge is -2.07. The Morgan fingerprint density at radius 2 is 1.74 bits per heavy atom. The van der Waals surface area contributed by atoms with Crippen molar-refractivity contribution in [1.82, 2.24) is 3.97 Å². The zero-order valence-corrected chi connectivity index (χ0v) is 11.1. The van der Waals surface area contributed by atoms with Gasteiger partial charge in [0, 0.05) is 24.4 Å². The maximum Gasteiger partial charge on any atom is 0.267 e. The van der Waals surface area contributed by atoms with E-state index >= 15 is 0 Å². The molecule has 1 aliphatic carbocycles. The lowest BCUT2D eigenvalue weighted by atomic mass is 9.95. The van der Waals surface area contributed by atoms with Crippen LogP contribution in [0.5, 0.6) is 0 Å². The van der Waals surface area contributed by atoms with E-state index in [1.165, 1.54) is 6.20 Å². The van der Waals surface area contributed by atoms with Gasteiger partial charge in [0.15, 0.2) is 5.78 Å². The van der Waals surface area contributed by atoms with Crippen molar-refractivity contribution in [2.45, 2.75) is 24.2 Å². The Kier molecular flexibility index (Phi) is 2.78. The molecule has 2 aromatic rings. The fourth-order valence-corrected chi connectivity index (χ4v) is 3.60. The van der Waals surface area contributed by atoms with Crippen molar-refractivity contribution in [3.8, 4) is 0 Å². The molecule has 4 nitrogen and oxygen atoms in total. The van der Waals surface area contributed by atoms with Gasteiger partial charge in [0.05, 0.1) is 4.90 Å². The topological polar surface area (TPSA) is 56.1 Å². The van der Waals surface area contributed by atoms with Gasteiger partial charge in [0.1, 0.15) is 0 Å². The first kappa shape index (κ1) is 12.2. The van der Waals surface area contributed by atoms with Crippen LogP contribution in [0.2, 0.25) is 0 Å². The van der Waals surface area contributed by atoms with Gasteiger partial charge in [-0.05, 0) is 30.5 Å². The third-order valence-electron chi connectivity index (χ3n) is 3.35.